The molecule has 110 valence electrons. The molecule has 2 aromatic rings. The van der Waals surface area contributed by atoms with E-state index in [1.54, 1.807) is 0 Å². The van der Waals surface area contributed by atoms with Crippen LogP contribution in [-0.2, 0) is 11.2 Å². The maximum atomic E-state index is 11.6. The van der Waals surface area contributed by atoms with Crippen molar-refractivity contribution in [2.75, 3.05) is 6.61 Å². The maximum Gasteiger partial charge on any atom is 0.312 e. The highest BCUT2D eigenvalue weighted by atomic mass is 79.9. The van der Waals surface area contributed by atoms with Crippen LogP contribution in [0, 0.1) is 0 Å². The Kier molecular flexibility index (Phi) is 5.27. The number of rotatable bonds is 6. The third-order valence-electron chi connectivity index (χ3n) is 2.96. The predicted octanol–water partition coefficient (Wildman–Crippen LogP) is 3.05. The van der Waals surface area contributed by atoms with Gasteiger partial charge in [-0.05, 0) is 25.0 Å². The van der Waals surface area contributed by atoms with E-state index in [1.165, 1.54) is 12.4 Å². The molecule has 1 N–H and O–H groups in total. The SMILES string of the molecule is CCOc1cncc(C(Cc2ccccc2Br)C(=O)O)n1. The molecule has 0 amide bonds. The molecule has 0 aliphatic carbocycles. The number of nitrogens with zero attached hydrogens (tertiary/aromatic N) is 2. The van der Waals surface area contributed by atoms with Crippen LogP contribution in [0.1, 0.15) is 24.1 Å². The summed E-state index contributed by atoms with van der Waals surface area (Å²) in [5.74, 6) is -1.36. The van der Waals surface area contributed by atoms with Crippen LogP contribution in [0.3, 0.4) is 0 Å². The zero-order valence-corrected chi connectivity index (χ0v) is 13.1. The number of hydrogen-bond acceptors (Lipinski definition) is 4. The molecule has 1 atom stereocenters. The summed E-state index contributed by atoms with van der Waals surface area (Å²) in [6, 6.07) is 7.54. The van der Waals surface area contributed by atoms with Crippen molar-refractivity contribution in [3.63, 3.8) is 0 Å². The van der Waals surface area contributed by atoms with Crippen molar-refractivity contribution >= 4 is 21.9 Å². The van der Waals surface area contributed by atoms with E-state index in [9.17, 15) is 9.90 Å². The smallest absolute Gasteiger partial charge is 0.312 e. The molecule has 0 radical (unpaired) electrons. The Balaban J connectivity index is 2.29. The van der Waals surface area contributed by atoms with Gasteiger partial charge in [-0.2, -0.15) is 0 Å². The fraction of sp³-hybridized carbons (Fsp3) is 0.267. The summed E-state index contributed by atoms with van der Waals surface area (Å²) in [6.45, 7) is 2.30. The zero-order valence-electron chi connectivity index (χ0n) is 11.5. The van der Waals surface area contributed by atoms with Gasteiger partial charge in [0.15, 0.2) is 0 Å². The second-order valence-electron chi connectivity index (χ2n) is 4.40. The van der Waals surface area contributed by atoms with Crippen molar-refractivity contribution in [3.8, 4) is 5.88 Å². The first-order valence-corrected chi connectivity index (χ1v) is 7.32. The van der Waals surface area contributed by atoms with Gasteiger partial charge in [0.25, 0.3) is 0 Å². The summed E-state index contributed by atoms with van der Waals surface area (Å²) in [7, 11) is 0. The summed E-state index contributed by atoms with van der Waals surface area (Å²) in [6.07, 6.45) is 3.28. The number of hydrogen-bond donors (Lipinski definition) is 1. The lowest BCUT2D eigenvalue weighted by Crippen LogP contribution is -2.17. The molecule has 1 unspecified atom stereocenters. The minimum atomic E-state index is -0.936. The second-order valence-corrected chi connectivity index (χ2v) is 5.26. The van der Waals surface area contributed by atoms with E-state index in [0.29, 0.717) is 24.6 Å². The number of benzene rings is 1. The average Bonchev–Trinajstić information content (AvgIpc) is 2.46. The fourth-order valence-corrected chi connectivity index (χ4v) is 2.40. The number of aliphatic carboxylic acids is 1. The van der Waals surface area contributed by atoms with E-state index >= 15 is 0 Å². The lowest BCUT2D eigenvalue weighted by atomic mass is 9.96. The fourth-order valence-electron chi connectivity index (χ4n) is 1.95. The van der Waals surface area contributed by atoms with Crippen LogP contribution in [0.4, 0.5) is 0 Å². The molecule has 0 saturated heterocycles. The van der Waals surface area contributed by atoms with Crippen LogP contribution in [-0.4, -0.2) is 27.7 Å². The summed E-state index contributed by atoms with van der Waals surface area (Å²) in [5, 5.41) is 9.48. The van der Waals surface area contributed by atoms with Crippen molar-refractivity contribution in [1.29, 1.82) is 0 Å². The topological polar surface area (TPSA) is 72.3 Å². The van der Waals surface area contributed by atoms with Gasteiger partial charge in [-0.1, -0.05) is 34.1 Å². The van der Waals surface area contributed by atoms with Crippen LogP contribution in [0.5, 0.6) is 5.88 Å². The molecular weight excluding hydrogens is 336 g/mol. The lowest BCUT2D eigenvalue weighted by molar-refractivity contribution is -0.138. The van der Waals surface area contributed by atoms with Gasteiger partial charge in [-0.25, -0.2) is 4.98 Å². The molecule has 0 spiro atoms. The van der Waals surface area contributed by atoms with Crippen molar-refractivity contribution in [1.82, 2.24) is 9.97 Å². The Morgan fingerprint density at radius 1 is 1.38 bits per heavy atom. The summed E-state index contributed by atoms with van der Waals surface area (Å²) >= 11 is 3.43. The molecule has 0 fully saturated rings. The molecule has 2 rings (SSSR count). The van der Waals surface area contributed by atoms with Crippen LogP contribution in [0.2, 0.25) is 0 Å². The Morgan fingerprint density at radius 3 is 2.81 bits per heavy atom. The molecule has 21 heavy (non-hydrogen) atoms. The van der Waals surface area contributed by atoms with Gasteiger partial charge >= 0.3 is 5.97 Å². The van der Waals surface area contributed by atoms with E-state index in [-0.39, 0.29) is 0 Å². The summed E-state index contributed by atoms with van der Waals surface area (Å²) in [5.41, 5.74) is 1.30. The first-order chi connectivity index (χ1) is 10.1. The summed E-state index contributed by atoms with van der Waals surface area (Å²) in [4.78, 5) is 19.8. The highest BCUT2D eigenvalue weighted by Crippen LogP contribution is 2.25. The van der Waals surface area contributed by atoms with Gasteiger partial charge in [0.1, 0.15) is 5.92 Å². The van der Waals surface area contributed by atoms with Crippen molar-refractivity contribution in [3.05, 3.63) is 52.4 Å². The summed E-state index contributed by atoms with van der Waals surface area (Å²) < 4.78 is 6.15. The van der Waals surface area contributed by atoms with Crippen molar-refractivity contribution in [2.24, 2.45) is 0 Å². The lowest BCUT2D eigenvalue weighted by Gasteiger charge is -2.13. The van der Waals surface area contributed by atoms with Crippen molar-refractivity contribution in [2.45, 2.75) is 19.3 Å². The Hall–Kier alpha value is -1.95. The van der Waals surface area contributed by atoms with Gasteiger partial charge in [0.2, 0.25) is 5.88 Å². The third kappa shape index (κ3) is 4.01. The quantitative estimate of drug-likeness (QED) is 0.866. The number of carbonyl (C=O) groups is 1. The average molecular weight is 351 g/mol. The highest BCUT2D eigenvalue weighted by Gasteiger charge is 2.23. The van der Waals surface area contributed by atoms with Gasteiger partial charge in [0.05, 0.1) is 18.5 Å². The number of carboxylic acid groups (broad SMARTS) is 1. The zero-order chi connectivity index (χ0) is 15.2. The highest BCUT2D eigenvalue weighted by molar-refractivity contribution is 9.10. The number of carboxylic acids is 1. The van der Waals surface area contributed by atoms with Gasteiger partial charge in [-0.3, -0.25) is 9.78 Å². The van der Waals surface area contributed by atoms with E-state index in [0.717, 1.165) is 10.0 Å². The van der Waals surface area contributed by atoms with E-state index in [2.05, 4.69) is 25.9 Å². The minimum absolute atomic E-state index is 0.334. The number of ether oxygens (including phenoxy) is 1. The molecule has 6 heteroatoms. The van der Waals surface area contributed by atoms with Crippen LogP contribution < -0.4 is 4.74 Å². The maximum absolute atomic E-state index is 11.6. The number of aromatic nitrogens is 2. The monoisotopic (exact) mass is 350 g/mol. The van der Waals surface area contributed by atoms with E-state index in [1.807, 2.05) is 31.2 Å². The molecule has 1 aromatic carbocycles. The van der Waals surface area contributed by atoms with Crippen LogP contribution >= 0.6 is 15.9 Å². The van der Waals surface area contributed by atoms with E-state index in [4.69, 9.17) is 4.74 Å². The molecule has 0 bridgehead atoms. The predicted molar refractivity (Wildman–Crippen MR) is 81.4 cm³/mol. The Bertz CT molecular complexity index is 634. The molecule has 1 aromatic heterocycles. The second kappa shape index (κ2) is 7.17. The molecular formula is C15H15BrN2O3. The molecule has 0 aliphatic rings. The minimum Gasteiger partial charge on any atom is -0.481 e. The molecule has 0 saturated carbocycles. The Morgan fingerprint density at radius 2 is 2.14 bits per heavy atom. The van der Waals surface area contributed by atoms with Crippen molar-refractivity contribution < 1.29 is 14.6 Å². The molecule has 1 heterocycles. The molecule has 5 nitrogen and oxygen atoms in total. The normalized spacial score (nSPS) is 11.9. The van der Waals surface area contributed by atoms with E-state index < -0.39 is 11.9 Å². The van der Waals surface area contributed by atoms with Gasteiger partial charge in [-0.15, -0.1) is 0 Å². The third-order valence-corrected chi connectivity index (χ3v) is 3.73. The first-order valence-electron chi connectivity index (χ1n) is 6.52. The Labute approximate surface area is 131 Å². The molecule has 0 aliphatic heterocycles. The standard InChI is InChI=1S/C15H15BrN2O3/c1-2-21-14-9-17-8-13(18-14)11(15(19)20)7-10-5-3-4-6-12(10)16/h3-6,8-9,11H,2,7H2,1H3,(H,19,20). The number of halogens is 1. The van der Waals surface area contributed by atoms with Crippen LogP contribution in [0.25, 0.3) is 0 Å². The first kappa shape index (κ1) is 15.4. The largest absolute Gasteiger partial charge is 0.481 e. The van der Waals surface area contributed by atoms with Gasteiger partial charge < -0.3 is 9.84 Å². The van der Waals surface area contributed by atoms with Gasteiger partial charge in [0, 0.05) is 10.7 Å². The van der Waals surface area contributed by atoms with Crippen LogP contribution in [0.15, 0.2) is 41.1 Å².